The first-order valence-electron chi connectivity index (χ1n) is 6.10. The Hall–Kier alpha value is -1.55. The summed E-state index contributed by atoms with van der Waals surface area (Å²) in [5.41, 5.74) is 8.91. The van der Waals surface area contributed by atoms with Crippen LogP contribution < -0.4 is 10.5 Å². The predicted molar refractivity (Wildman–Crippen MR) is 77.2 cm³/mol. The first-order chi connectivity index (χ1) is 8.61. The second-order valence-corrected chi connectivity index (χ2v) is 5.30. The molecule has 1 aromatic carbocycles. The lowest BCUT2D eigenvalue weighted by atomic mass is 9.98. The van der Waals surface area contributed by atoms with Crippen molar-refractivity contribution in [2.75, 3.05) is 12.3 Å². The molecule has 3 nitrogen and oxygen atoms in total. The molecule has 1 heterocycles. The molecule has 0 spiro atoms. The molecule has 18 heavy (non-hydrogen) atoms. The lowest BCUT2D eigenvalue weighted by Crippen LogP contribution is -1.98. The molecule has 0 aliphatic carbocycles. The van der Waals surface area contributed by atoms with Gasteiger partial charge in [0.15, 0.2) is 5.13 Å². The Bertz CT molecular complexity index is 534. The van der Waals surface area contributed by atoms with Gasteiger partial charge in [-0.2, -0.15) is 0 Å². The zero-order valence-corrected chi connectivity index (χ0v) is 11.8. The summed E-state index contributed by atoms with van der Waals surface area (Å²) >= 11 is 1.46. The maximum Gasteiger partial charge on any atom is 0.180 e. The van der Waals surface area contributed by atoms with Crippen LogP contribution in [0.3, 0.4) is 0 Å². The van der Waals surface area contributed by atoms with Gasteiger partial charge in [-0.25, -0.2) is 4.98 Å². The Morgan fingerprint density at radius 1 is 1.39 bits per heavy atom. The molecule has 96 valence electrons. The van der Waals surface area contributed by atoms with Crippen LogP contribution in [0.5, 0.6) is 5.75 Å². The average molecular weight is 262 g/mol. The molecule has 0 radical (unpaired) electrons. The average Bonchev–Trinajstić information content (AvgIpc) is 2.76. The van der Waals surface area contributed by atoms with Crippen molar-refractivity contribution >= 4 is 16.5 Å². The third kappa shape index (κ3) is 2.64. The van der Waals surface area contributed by atoms with E-state index in [4.69, 9.17) is 10.5 Å². The normalized spacial score (nSPS) is 10.9. The van der Waals surface area contributed by atoms with Crippen molar-refractivity contribution in [2.45, 2.75) is 26.7 Å². The quantitative estimate of drug-likeness (QED) is 0.908. The van der Waals surface area contributed by atoms with Gasteiger partial charge in [0, 0.05) is 10.9 Å². The third-order valence-corrected chi connectivity index (χ3v) is 3.42. The van der Waals surface area contributed by atoms with E-state index in [1.54, 1.807) is 0 Å². The number of benzene rings is 1. The van der Waals surface area contributed by atoms with E-state index in [-0.39, 0.29) is 0 Å². The summed E-state index contributed by atoms with van der Waals surface area (Å²) in [5, 5.41) is 2.58. The van der Waals surface area contributed by atoms with Crippen LogP contribution in [-0.2, 0) is 0 Å². The molecule has 0 unspecified atom stereocenters. The van der Waals surface area contributed by atoms with Gasteiger partial charge in [-0.3, -0.25) is 0 Å². The fraction of sp³-hybridized carbons (Fsp3) is 0.357. The molecule has 2 rings (SSSR count). The van der Waals surface area contributed by atoms with Crippen LogP contribution in [-0.4, -0.2) is 11.6 Å². The Balaban J connectivity index is 2.42. The van der Waals surface area contributed by atoms with Gasteiger partial charge in [0.05, 0.1) is 12.3 Å². The van der Waals surface area contributed by atoms with E-state index in [0.29, 0.717) is 17.7 Å². The molecule has 0 aliphatic rings. The monoisotopic (exact) mass is 262 g/mol. The van der Waals surface area contributed by atoms with E-state index in [1.807, 2.05) is 24.4 Å². The highest BCUT2D eigenvalue weighted by atomic mass is 32.1. The Morgan fingerprint density at radius 3 is 2.72 bits per heavy atom. The van der Waals surface area contributed by atoms with Crippen molar-refractivity contribution in [3.8, 4) is 17.0 Å². The lowest BCUT2D eigenvalue weighted by molar-refractivity contribution is 0.335. The van der Waals surface area contributed by atoms with E-state index in [9.17, 15) is 0 Å². The number of anilines is 1. The van der Waals surface area contributed by atoms with Gasteiger partial charge in [0.25, 0.3) is 0 Å². The van der Waals surface area contributed by atoms with E-state index < -0.39 is 0 Å². The number of nitrogens with zero attached hydrogens (tertiary/aromatic N) is 1. The highest BCUT2D eigenvalue weighted by Gasteiger charge is 2.11. The van der Waals surface area contributed by atoms with Crippen LogP contribution in [0.1, 0.15) is 32.3 Å². The van der Waals surface area contributed by atoms with E-state index in [1.165, 1.54) is 16.9 Å². The highest BCUT2D eigenvalue weighted by molar-refractivity contribution is 7.13. The molecule has 2 N–H and O–H groups in total. The van der Waals surface area contributed by atoms with Crippen molar-refractivity contribution in [3.05, 3.63) is 29.1 Å². The highest BCUT2D eigenvalue weighted by Crippen LogP contribution is 2.32. The first kappa shape index (κ1) is 12.9. The minimum Gasteiger partial charge on any atom is -0.494 e. The summed E-state index contributed by atoms with van der Waals surface area (Å²) in [4.78, 5) is 4.31. The second kappa shape index (κ2) is 5.40. The van der Waals surface area contributed by atoms with Crippen LogP contribution in [0.2, 0.25) is 0 Å². The zero-order chi connectivity index (χ0) is 13.1. The summed E-state index contributed by atoms with van der Waals surface area (Å²) in [6.07, 6.45) is 0. The summed E-state index contributed by atoms with van der Waals surface area (Å²) in [6, 6.07) is 6.19. The Morgan fingerprint density at radius 2 is 2.17 bits per heavy atom. The van der Waals surface area contributed by atoms with Crippen molar-refractivity contribution < 1.29 is 4.74 Å². The summed E-state index contributed by atoms with van der Waals surface area (Å²) < 4.78 is 5.65. The maximum absolute atomic E-state index is 5.67. The van der Waals surface area contributed by atoms with E-state index in [0.717, 1.165) is 17.0 Å². The molecular weight excluding hydrogens is 244 g/mol. The SMILES string of the molecule is CCOc1ccc(-c2csc(N)n2)cc1C(C)C. The molecule has 0 amide bonds. The number of hydrogen-bond donors (Lipinski definition) is 1. The number of nitrogens with two attached hydrogens (primary N) is 1. The molecule has 0 atom stereocenters. The molecule has 4 heteroatoms. The summed E-state index contributed by atoms with van der Waals surface area (Å²) in [7, 11) is 0. The fourth-order valence-corrected chi connectivity index (χ4v) is 2.44. The topological polar surface area (TPSA) is 48.1 Å². The number of thiazole rings is 1. The fourth-order valence-electron chi connectivity index (χ4n) is 1.87. The molecule has 2 aromatic rings. The maximum atomic E-state index is 5.67. The predicted octanol–water partition coefficient (Wildman–Crippen LogP) is 3.91. The van der Waals surface area contributed by atoms with Crippen molar-refractivity contribution in [2.24, 2.45) is 0 Å². The number of nitrogen functional groups attached to an aromatic ring is 1. The van der Waals surface area contributed by atoms with Crippen LogP contribution in [0.15, 0.2) is 23.6 Å². The van der Waals surface area contributed by atoms with Crippen molar-refractivity contribution in [3.63, 3.8) is 0 Å². The van der Waals surface area contributed by atoms with Gasteiger partial charge < -0.3 is 10.5 Å². The number of rotatable bonds is 4. The van der Waals surface area contributed by atoms with Crippen molar-refractivity contribution in [1.29, 1.82) is 0 Å². The van der Waals surface area contributed by atoms with Gasteiger partial charge in [0.1, 0.15) is 5.75 Å². The van der Waals surface area contributed by atoms with Gasteiger partial charge in [0.2, 0.25) is 0 Å². The molecule has 0 fully saturated rings. The Labute approximate surface area is 112 Å². The molecule has 0 saturated heterocycles. The summed E-state index contributed by atoms with van der Waals surface area (Å²) in [6.45, 7) is 7.01. The molecule has 1 aromatic heterocycles. The largest absolute Gasteiger partial charge is 0.494 e. The smallest absolute Gasteiger partial charge is 0.180 e. The molecule has 0 saturated carbocycles. The van der Waals surface area contributed by atoms with Crippen LogP contribution >= 0.6 is 11.3 Å². The van der Waals surface area contributed by atoms with Crippen molar-refractivity contribution in [1.82, 2.24) is 4.98 Å². The van der Waals surface area contributed by atoms with Crippen LogP contribution in [0.4, 0.5) is 5.13 Å². The number of hydrogen-bond acceptors (Lipinski definition) is 4. The van der Waals surface area contributed by atoms with Gasteiger partial charge >= 0.3 is 0 Å². The van der Waals surface area contributed by atoms with Gasteiger partial charge in [-0.15, -0.1) is 11.3 Å². The molecular formula is C14H18N2OS. The minimum absolute atomic E-state index is 0.419. The lowest BCUT2D eigenvalue weighted by Gasteiger charge is -2.14. The van der Waals surface area contributed by atoms with E-state index >= 15 is 0 Å². The Kier molecular flexibility index (Phi) is 3.87. The first-order valence-corrected chi connectivity index (χ1v) is 6.98. The van der Waals surface area contributed by atoms with Gasteiger partial charge in [-0.1, -0.05) is 13.8 Å². The minimum atomic E-state index is 0.419. The zero-order valence-electron chi connectivity index (χ0n) is 10.9. The van der Waals surface area contributed by atoms with Gasteiger partial charge in [-0.05, 0) is 36.6 Å². The van der Waals surface area contributed by atoms with E-state index in [2.05, 4.69) is 24.9 Å². The van der Waals surface area contributed by atoms with Crippen LogP contribution in [0.25, 0.3) is 11.3 Å². The molecule has 0 bridgehead atoms. The summed E-state index contributed by atoms with van der Waals surface area (Å²) in [5.74, 6) is 1.38. The number of ether oxygens (including phenoxy) is 1. The van der Waals surface area contributed by atoms with Crippen LogP contribution in [0, 0.1) is 0 Å². The standard InChI is InChI=1S/C14H18N2OS/c1-4-17-13-6-5-10(7-11(13)9(2)3)12-8-18-14(15)16-12/h5-9H,4H2,1-3H3,(H2,15,16). The third-order valence-electron chi connectivity index (χ3n) is 2.75. The second-order valence-electron chi connectivity index (χ2n) is 4.41. The molecule has 0 aliphatic heterocycles. The number of aromatic nitrogens is 1.